The molecule has 0 bridgehead atoms. The van der Waals surface area contributed by atoms with Crippen molar-refractivity contribution < 1.29 is 13.2 Å². The van der Waals surface area contributed by atoms with Crippen molar-refractivity contribution in [3.05, 3.63) is 40.3 Å². The Morgan fingerprint density at radius 3 is 2.41 bits per heavy atom. The van der Waals surface area contributed by atoms with Gasteiger partial charge in [0.25, 0.3) is 0 Å². The van der Waals surface area contributed by atoms with Crippen LogP contribution in [0.2, 0.25) is 0 Å². The van der Waals surface area contributed by atoms with Crippen LogP contribution in [0.3, 0.4) is 0 Å². The third-order valence-corrected chi connectivity index (χ3v) is 9.46. The highest BCUT2D eigenvalue weighted by Crippen LogP contribution is 2.33. The first-order chi connectivity index (χ1) is 15.2. The number of thioether (sulfide) groups is 1. The van der Waals surface area contributed by atoms with Crippen LogP contribution in [0.25, 0.3) is 10.2 Å². The van der Waals surface area contributed by atoms with Crippen LogP contribution in [-0.4, -0.2) is 65.4 Å². The van der Waals surface area contributed by atoms with E-state index in [1.165, 1.54) is 16.1 Å². The highest BCUT2D eigenvalue weighted by Gasteiger charge is 2.30. The monoisotopic (exact) mass is 491 g/mol. The molecule has 8 nitrogen and oxygen atoms in total. The van der Waals surface area contributed by atoms with Gasteiger partial charge in [-0.05, 0) is 38.5 Å². The maximum absolute atomic E-state index is 12.8. The van der Waals surface area contributed by atoms with Gasteiger partial charge in [-0.2, -0.15) is 4.31 Å². The molecule has 0 atom stereocenters. The third-order valence-electron chi connectivity index (χ3n) is 5.61. The van der Waals surface area contributed by atoms with E-state index >= 15 is 0 Å². The molecule has 1 aliphatic heterocycles. The molecule has 32 heavy (non-hydrogen) atoms. The van der Waals surface area contributed by atoms with Crippen molar-refractivity contribution in [2.75, 3.05) is 37.7 Å². The summed E-state index contributed by atoms with van der Waals surface area (Å²) < 4.78 is 27.1. The van der Waals surface area contributed by atoms with Crippen molar-refractivity contribution in [1.82, 2.24) is 19.2 Å². The molecule has 3 aromatic rings. The molecule has 0 spiro atoms. The van der Waals surface area contributed by atoms with E-state index in [-0.39, 0.29) is 29.6 Å². The number of rotatable bonds is 5. The van der Waals surface area contributed by atoms with Gasteiger partial charge in [0, 0.05) is 31.1 Å². The number of hydrogen-bond donors (Lipinski definition) is 1. The van der Waals surface area contributed by atoms with Crippen LogP contribution < -0.4 is 5.73 Å². The predicted molar refractivity (Wildman–Crippen MR) is 129 cm³/mol. The molecule has 0 saturated carbocycles. The summed E-state index contributed by atoms with van der Waals surface area (Å²) in [5, 5.41) is 1.36. The molecule has 2 N–H and O–H groups in total. The number of nitrogen functional groups attached to an aromatic ring is 1. The van der Waals surface area contributed by atoms with Crippen molar-refractivity contribution in [2.45, 2.75) is 30.8 Å². The molecule has 1 amide bonds. The van der Waals surface area contributed by atoms with Gasteiger partial charge in [-0.1, -0.05) is 29.5 Å². The van der Waals surface area contributed by atoms with Crippen molar-refractivity contribution >= 4 is 55.1 Å². The minimum absolute atomic E-state index is 0.0665. The molecule has 1 aliphatic rings. The number of amides is 1. The number of thiophene rings is 1. The number of sulfonamides is 1. The standard InChI is InChI=1S/C21H25N5O3S3/c1-13-4-6-16(7-5-13)32(28,29)26-10-8-25(9-11-26)17(27)12-30-21-23-19(22)18-14(2)15(3)31-20(18)24-21/h4-7H,8-12H2,1-3H3,(H2,22,23,24). The molecule has 0 unspecified atom stereocenters. The summed E-state index contributed by atoms with van der Waals surface area (Å²) in [7, 11) is -3.55. The first-order valence-electron chi connectivity index (χ1n) is 10.2. The SMILES string of the molecule is Cc1ccc(S(=O)(=O)N2CCN(C(=O)CSc3nc(N)c4c(C)c(C)sc4n3)CC2)cc1. The van der Waals surface area contributed by atoms with Gasteiger partial charge in [0.05, 0.1) is 16.0 Å². The van der Waals surface area contributed by atoms with Crippen LogP contribution in [0.4, 0.5) is 5.82 Å². The van der Waals surface area contributed by atoms with Crippen LogP contribution in [0.15, 0.2) is 34.3 Å². The van der Waals surface area contributed by atoms with Gasteiger partial charge >= 0.3 is 0 Å². The van der Waals surface area contributed by atoms with Crippen molar-refractivity contribution in [2.24, 2.45) is 0 Å². The molecular weight excluding hydrogens is 466 g/mol. The molecule has 1 fully saturated rings. The van der Waals surface area contributed by atoms with Gasteiger partial charge in [0.1, 0.15) is 10.6 Å². The summed E-state index contributed by atoms with van der Waals surface area (Å²) >= 11 is 2.82. The maximum Gasteiger partial charge on any atom is 0.243 e. The highest BCUT2D eigenvalue weighted by molar-refractivity contribution is 7.99. The summed E-state index contributed by atoms with van der Waals surface area (Å²) in [6.45, 7) is 7.20. The summed E-state index contributed by atoms with van der Waals surface area (Å²) in [6, 6.07) is 6.82. The minimum atomic E-state index is -3.55. The number of fused-ring (bicyclic) bond motifs is 1. The number of hydrogen-bond acceptors (Lipinski definition) is 8. The molecular formula is C21H25N5O3S3. The number of carbonyl (C=O) groups is 1. The van der Waals surface area contributed by atoms with E-state index in [2.05, 4.69) is 9.97 Å². The Morgan fingerprint density at radius 1 is 1.09 bits per heavy atom. The minimum Gasteiger partial charge on any atom is -0.383 e. The lowest BCUT2D eigenvalue weighted by Gasteiger charge is -2.34. The lowest BCUT2D eigenvalue weighted by molar-refractivity contribution is -0.129. The second-order valence-electron chi connectivity index (χ2n) is 7.74. The number of aryl methyl sites for hydroxylation is 3. The quantitative estimate of drug-likeness (QED) is 0.432. The van der Waals surface area contributed by atoms with Gasteiger partial charge in [-0.3, -0.25) is 4.79 Å². The fourth-order valence-electron chi connectivity index (χ4n) is 3.58. The Labute approximate surface area is 195 Å². The molecule has 0 radical (unpaired) electrons. The van der Waals surface area contributed by atoms with E-state index in [0.717, 1.165) is 26.2 Å². The topological polar surface area (TPSA) is 109 Å². The van der Waals surface area contributed by atoms with Crippen LogP contribution in [0.5, 0.6) is 0 Å². The molecule has 3 heterocycles. The summed E-state index contributed by atoms with van der Waals surface area (Å²) in [5.74, 6) is 0.545. The number of anilines is 1. The average Bonchev–Trinajstić information content (AvgIpc) is 3.06. The first kappa shape index (κ1) is 23.0. The van der Waals surface area contributed by atoms with E-state index < -0.39 is 10.0 Å². The number of carbonyl (C=O) groups excluding carboxylic acids is 1. The number of benzene rings is 1. The van der Waals surface area contributed by atoms with Gasteiger partial charge in [0.15, 0.2) is 5.16 Å². The molecule has 4 rings (SSSR count). The normalized spacial score (nSPS) is 15.4. The molecule has 170 valence electrons. The predicted octanol–water partition coefficient (Wildman–Crippen LogP) is 2.82. The van der Waals surface area contributed by atoms with Crippen LogP contribution in [0.1, 0.15) is 16.0 Å². The van der Waals surface area contributed by atoms with Crippen LogP contribution >= 0.6 is 23.1 Å². The highest BCUT2D eigenvalue weighted by atomic mass is 32.2. The fraction of sp³-hybridized carbons (Fsp3) is 0.381. The Balaban J connectivity index is 1.36. The maximum atomic E-state index is 12.8. The zero-order valence-electron chi connectivity index (χ0n) is 18.2. The molecule has 11 heteroatoms. The van der Waals surface area contributed by atoms with E-state index in [1.807, 2.05) is 20.8 Å². The van der Waals surface area contributed by atoms with Gasteiger partial charge in [0.2, 0.25) is 15.9 Å². The molecule has 2 aromatic heterocycles. The third kappa shape index (κ3) is 4.47. The molecule has 1 aromatic carbocycles. The Hall–Kier alpha value is -2.21. The van der Waals surface area contributed by atoms with Crippen LogP contribution in [0, 0.1) is 20.8 Å². The number of nitrogens with two attached hydrogens (primary N) is 1. The number of piperazine rings is 1. The van der Waals surface area contributed by atoms with Gasteiger partial charge < -0.3 is 10.6 Å². The Morgan fingerprint density at radius 2 is 1.75 bits per heavy atom. The van der Waals surface area contributed by atoms with Gasteiger partial charge in [-0.25, -0.2) is 18.4 Å². The lowest BCUT2D eigenvalue weighted by atomic mass is 10.2. The first-order valence-corrected chi connectivity index (χ1v) is 13.4. The van der Waals surface area contributed by atoms with Crippen molar-refractivity contribution in [3.63, 3.8) is 0 Å². The molecule has 1 saturated heterocycles. The Kier molecular flexibility index (Phi) is 6.44. The smallest absolute Gasteiger partial charge is 0.243 e. The van der Waals surface area contributed by atoms with E-state index in [0.29, 0.717) is 24.1 Å². The summed E-state index contributed by atoms with van der Waals surface area (Å²) in [6.07, 6.45) is 0. The van der Waals surface area contributed by atoms with E-state index in [1.54, 1.807) is 40.5 Å². The van der Waals surface area contributed by atoms with Crippen molar-refractivity contribution in [1.29, 1.82) is 0 Å². The van der Waals surface area contributed by atoms with Crippen molar-refractivity contribution in [3.8, 4) is 0 Å². The second kappa shape index (κ2) is 8.97. The summed E-state index contributed by atoms with van der Waals surface area (Å²) in [5.41, 5.74) is 8.21. The number of aromatic nitrogens is 2. The zero-order valence-corrected chi connectivity index (χ0v) is 20.6. The second-order valence-corrected chi connectivity index (χ2v) is 11.8. The fourth-order valence-corrected chi connectivity index (χ4v) is 6.85. The lowest BCUT2D eigenvalue weighted by Crippen LogP contribution is -2.50. The largest absolute Gasteiger partial charge is 0.383 e. The summed E-state index contributed by atoms with van der Waals surface area (Å²) in [4.78, 5) is 25.6. The Bertz CT molecular complexity index is 1260. The zero-order chi connectivity index (χ0) is 23.0. The molecule has 0 aliphatic carbocycles. The number of nitrogens with zero attached hydrogens (tertiary/aromatic N) is 4. The average molecular weight is 492 g/mol. The van der Waals surface area contributed by atoms with E-state index in [9.17, 15) is 13.2 Å². The van der Waals surface area contributed by atoms with E-state index in [4.69, 9.17) is 5.73 Å². The van der Waals surface area contributed by atoms with Gasteiger partial charge in [-0.15, -0.1) is 11.3 Å². The van der Waals surface area contributed by atoms with Crippen LogP contribution in [-0.2, 0) is 14.8 Å².